The molecule has 3 aromatic rings. The van der Waals surface area contributed by atoms with E-state index in [1.807, 2.05) is 48.3 Å². The van der Waals surface area contributed by atoms with Gasteiger partial charge in [-0.15, -0.1) is 0 Å². The van der Waals surface area contributed by atoms with E-state index in [0.717, 1.165) is 43.3 Å². The van der Waals surface area contributed by atoms with Crippen molar-refractivity contribution >= 4 is 0 Å². The normalized spacial score (nSPS) is 14.3. The summed E-state index contributed by atoms with van der Waals surface area (Å²) in [6.07, 6.45) is 4.92. The first-order valence-corrected chi connectivity index (χ1v) is 8.85. The highest BCUT2D eigenvalue weighted by atomic mass is 16.5. The van der Waals surface area contributed by atoms with Gasteiger partial charge in [0.1, 0.15) is 11.6 Å². The third kappa shape index (κ3) is 3.20. The molecule has 0 unspecified atom stereocenters. The van der Waals surface area contributed by atoms with E-state index < -0.39 is 0 Å². The summed E-state index contributed by atoms with van der Waals surface area (Å²) in [6.45, 7) is 6.86. The van der Waals surface area contributed by atoms with Gasteiger partial charge in [-0.05, 0) is 38.1 Å². The maximum absolute atomic E-state index is 5.23. The van der Waals surface area contributed by atoms with Gasteiger partial charge in [0.2, 0.25) is 0 Å². The van der Waals surface area contributed by atoms with E-state index in [1.165, 1.54) is 22.5 Å². The van der Waals surface area contributed by atoms with Crippen molar-refractivity contribution in [1.29, 1.82) is 0 Å². The van der Waals surface area contributed by atoms with Crippen LogP contribution in [0.15, 0.2) is 36.7 Å². The van der Waals surface area contributed by atoms with E-state index in [9.17, 15) is 0 Å². The van der Waals surface area contributed by atoms with E-state index in [-0.39, 0.29) is 0 Å². The summed E-state index contributed by atoms with van der Waals surface area (Å²) >= 11 is 0. The predicted octanol–water partition coefficient (Wildman–Crippen LogP) is 2.85. The molecule has 0 spiro atoms. The molecule has 0 bridgehead atoms. The number of hydrogen-bond acceptors (Lipinski definition) is 5. The number of hydrogen-bond donors (Lipinski definition) is 0. The summed E-state index contributed by atoms with van der Waals surface area (Å²) in [4.78, 5) is 11.3. The Bertz CT molecular complexity index is 916. The van der Waals surface area contributed by atoms with Gasteiger partial charge >= 0.3 is 0 Å². The number of fused-ring (bicyclic) bond motifs is 1. The molecule has 4 rings (SSSR count). The van der Waals surface area contributed by atoms with E-state index in [1.54, 1.807) is 7.11 Å². The first-order chi connectivity index (χ1) is 12.6. The Kier molecular flexibility index (Phi) is 4.42. The number of nitrogens with zero attached hydrogens (tertiary/aromatic N) is 5. The molecule has 3 heterocycles. The largest absolute Gasteiger partial charge is 0.497 e. The molecule has 1 aliphatic heterocycles. The highest BCUT2D eigenvalue weighted by molar-refractivity contribution is 5.39. The lowest BCUT2D eigenvalue weighted by molar-refractivity contribution is 0.242. The molecule has 0 saturated carbocycles. The summed E-state index contributed by atoms with van der Waals surface area (Å²) in [7, 11) is 1.68. The molecule has 0 radical (unpaired) electrons. The average molecular weight is 349 g/mol. The molecule has 6 nitrogen and oxygen atoms in total. The van der Waals surface area contributed by atoms with Crippen LogP contribution in [0.1, 0.15) is 28.3 Å². The van der Waals surface area contributed by atoms with Crippen molar-refractivity contribution in [3.05, 3.63) is 65.0 Å². The van der Waals surface area contributed by atoms with Crippen LogP contribution in [-0.4, -0.2) is 38.3 Å². The number of methoxy groups -OCH3 is 1. The summed E-state index contributed by atoms with van der Waals surface area (Å²) < 4.78 is 7.22. The van der Waals surface area contributed by atoms with Crippen molar-refractivity contribution in [3.8, 4) is 11.4 Å². The molecular weight excluding hydrogens is 326 g/mol. The maximum Gasteiger partial charge on any atom is 0.125 e. The summed E-state index contributed by atoms with van der Waals surface area (Å²) in [5, 5.41) is 4.59. The second kappa shape index (κ2) is 6.88. The van der Waals surface area contributed by atoms with E-state index in [4.69, 9.17) is 4.74 Å². The Balaban J connectivity index is 1.51. The van der Waals surface area contributed by atoms with Crippen molar-refractivity contribution in [3.63, 3.8) is 0 Å². The van der Waals surface area contributed by atoms with Crippen LogP contribution in [0, 0.1) is 13.8 Å². The molecule has 6 heteroatoms. The number of aromatic nitrogens is 4. The Labute approximate surface area is 153 Å². The first-order valence-electron chi connectivity index (χ1n) is 8.85. The Morgan fingerprint density at radius 1 is 1.12 bits per heavy atom. The molecule has 0 N–H and O–H groups in total. The van der Waals surface area contributed by atoms with Gasteiger partial charge < -0.3 is 4.74 Å². The number of benzene rings is 1. The van der Waals surface area contributed by atoms with E-state index >= 15 is 0 Å². The number of aryl methyl sites for hydroxylation is 1. The van der Waals surface area contributed by atoms with Gasteiger partial charge in [0.05, 0.1) is 19.0 Å². The second-order valence-corrected chi connectivity index (χ2v) is 6.71. The second-order valence-electron chi connectivity index (χ2n) is 6.71. The monoisotopic (exact) mass is 349 g/mol. The SMILES string of the molecule is COc1ccc(-n2ncc(CN3CCc4nc(C)ncc4C3)c2C)cc1. The summed E-state index contributed by atoms with van der Waals surface area (Å²) in [5.41, 5.74) is 5.89. The third-order valence-electron chi connectivity index (χ3n) is 4.96. The van der Waals surface area contributed by atoms with Gasteiger partial charge in [-0.2, -0.15) is 5.10 Å². The van der Waals surface area contributed by atoms with Crippen LogP contribution in [0.3, 0.4) is 0 Å². The zero-order valence-electron chi connectivity index (χ0n) is 15.4. The quantitative estimate of drug-likeness (QED) is 0.725. The van der Waals surface area contributed by atoms with Crippen molar-refractivity contribution in [1.82, 2.24) is 24.6 Å². The fraction of sp³-hybridized carbons (Fsp3) is 0.350. The van der Waals surface area contributed by atoms with Crippen molar-refractivity contribution in [2.24, 2.45) is 0 Å². The van der Waals surface area contributed by atoms with Crippen LogP contribution in [0.25, 0.3) is 5.69 Å². The Morgan fingerprint density at radius 3 is 2.69 bits per heavy atom. The van der Waals surface area contributed by atoms with Gasteiger partial charge in [0, 0.05) is 54.8 Å². The molecule has 134 valence electrons. The highest BCUT2D eigenvalue weighted by Crippen LogP contribution is 2.22. The van der Waals surface area contributed by atoms with Gasteiger partial charge in [-0.25, -0.2) is 14.6 Å². The first kappa shape index (κ1) is 16.7. The zero-order valence-corrected chi connectivity index (χ0v) is 15.4. The maximum atomic E-state index is 5.23. The smallest absolute Gasteiger partial charge is 0.125 e. The highest BCUT2D eigenvalue weighted by Gasteiger charge is 2.19. The fourth-order valence-corrected chi connectivity index (χ4v) is 3.43. The van der Waals surface area contributed by atoms with Gasteiger partial charge in [-0.3, -0.25) is 4.90 Å². The minimum Gasteiger partial charge on any atom is -0.497 e. The predicted molar refractivity (Wildman–Crippen MR) is 99.4 cm³/mol. The minimum absolute atomic E-state index is 0.850. The molecule has 0 amide bonds. The molecule has 1 aromatic carbocycles. The average Bonchev–Trinajstić information content (AvgIpc) is 3.02. The lowest BCUT2D eigenvalue weighted by Crippen LogP contribution is -2.31. The summed E-state index contributed by atoms with van der Waals surface area (Å²) in [6, 6.07) is 7.97. The van der Waals surface area contributed by atoms with Crippen LogP contribution in [0.5, 0.6) is 5.75 Å². The molecule has 0 fully saturated rings. The van der Waals surface area contributed by atoms with Gasteiger partial charge in [-0.1, -0.05) is 0 Å². The van der Waals surface area contributed by atoms with Crippen LogP contribution in [0.4, 0.5) is 0 Å². The van der Waals surface area contributed by atoms with Crippen molar-refractivity contribution in [2.45, 2.75) is 33.4 Å². The summed E-state index contributed by atoms with van der Waals surface area (Å²) in [5.74, 6) is 1.71. The lowest BCUT2D eigenvalue weighted by atomic mass is 10.1. The van der Waals surface area contributed by atoms with Crippen LogP contribution in [0.2, 0.25) is 0 Å². The zero-order chi connectivity index (χ0) is 18.1. The number of rotatable bonds is 4. The van der Waals surface area contributed by atoms with Crippen LogP contribution in [-0.2, 0) is 19.5 Å². The lowest BCUT2D eigenvalue weighted by Gasteiger charge is -2.27. The Morgan fingerprint density at radius 2 is 1.92 bits per heavy atom. The van der Waals surface area contributed by atoms with Crippen molar-refractivity contribution in [2.75, 3.05) is 13.7 Å². The topological polar surface area (TPSA) is 56.1 Å². The molecule has 0 saturated heterocycles. The minimum atomic E-state index is 0.850. The van der Waals surface area contributed by atoms with Gasteiger partial charge in [0.15, 0.2) is 0 Å². The third-order valence-corrected chi connectivity index (χ3v) is 4.96. The van der Waals surface area contributed by atoms with Crippen LogP contribution >= 0.6 is 0 Å². The van der Waals surface area contributed by atoms with Crippen LogP contribution < -0.4 is 4.74 Å². The molecule has 26 heavy (non-hydrogen) atoms. The Hall–Kier alpha value is -2.73. The number of ether oxygens (including phenoxy) is 1. The van der Waals surface area contributed by atoms with E-state index in [2.05, 4.69) is 26.9 Å². The molecule has 2 aromatic heterocycles. The fourth-order valence-electron chi connectivity index (χ4n) is 3.43. The molecule has 0 atom stereocenters. The molecular formula is C20H23N5O. The standard InChI is InChI=1S/C20H23N5O/c1-14-16(11-22-25(14)18-4-6-19(26-3)7-5-18)12-24-9-8-20-17(13-24)10-21-15(2)23-20/h4-7,10-11H,8-9,12-13H2,1-3H3. The van der Waals surface area contributed by atoms with Gasteiger partial charge in [0.25, 0.3) is 0 Å². The molecule has 0 aliphatic carbocycles. The van der Waals surface area contributed by atoms with Crippen molar-refractivity contribution < 1.29 is 4.74 Å². The molecule has 1 aliphatic rings. The van der Waals surface area contributed by atoms with E-state index in [0.29, 0.717) is 0 Å².